The second-order valence-electron chi connectivity index (χ2n) is 3.28. The van der Waals surface area contributed by atoms with E-state index >= 15 is 0 Å². The molecule has 0 aliphatic carbocycles. The van der Waals surface area contributed by atoms with Crippen molar-refractivity contribution < 1.29 is 9.26 Å². The third-order valence-corrected chi connectivity index (χ3v) is 2.03. The third-order valence-electron chi connectivity index (χ3n) is 2.03. The predicted octanol–water partition coefficient (Wildman–Crippen LogP) is 1.37. The lowest BCUT2D eigenvalue weighted by molar-refractivity contribution is 0.248. The van der Waals surface area contributed by atoms with Gasteiger partial charge in [-0.1, -0.05) is 5.16 Å². The summed E-state index contributed by atoms with van der Waals surface area (Å²) in [4.78, 5) is 4.23. The lowest BCUT2D eigenvalue weighted by Crippen LogP contribution is -2.06. The number of hydrogen-bond donors (Lipinski definition) is 1. The quantitative estimate of drug-likeness (QED) is 0.822. The predicted molar refractivity (Wildman–Crippen MR) is 57.8 cm³/mol. The Kier molecular flexibility index (Phi) is 3.50. The number of pyridine rings is 1. The van der Waals surface area contributed by atoms with Gasteiger partial charge in [0.2, 0.25) is 0 Å². The minimum Gasteiger partial charge on any atom is -0.484 e. The van der Waals surface area contributed by atoms with Crippen molar-refractivity contribution in [2.24, 2.45) is 0 Å². The SMILES string of the molecule is CNCc1ccc(OCc2ccno2)cn1. The van der Waals surface area contributed by atoms with Crippen LogP contribution in [0.25, 0.3) is 0 Å². The maximum atomic E-state index is 5.47. The lowest BCUT2D eigenvalue weighted by atomic mass is 10.3. The third kappa shape index (κ3) is 2.80. The molecule has 0 aliphatic heterocycles. The van der Waals surface area contributed by atoms with Crippen molar-refractivity contribution >= 4 is 0 Å². The minimum atomic E-state index is 0.368. The Balaban J connectivity index is 1.90. The van der Waals surface area contributed by atoms with Crippen molar-refractivity contribution in [3.63, 3.8) is 0 Å². The van der Waals surface area contributed by atoms with E-state index in [-0.39, 0.29) is 0 Å². The maximum Gasteiger partial charge on any atom is 0.174 e. The fraction of sp³-hybridized carbons (Fsp3) is 0.273. The molecule has 0 saturated heterocycles. The average Bonchev–Trinajstić information content (AvgIpc) is 2.82. The molecular formula is C11H13N3O2. The van der Waals surface area contributed by atoms with Gasteiger partial charge in [-0.2, -0.15) is 0 Å². The van der Waals surface area contributed by atoms with Gasteiger partial charge >= 0.3 is 0 Å². The van der Waals surface area contributed by atoms with Crippen molar-refractivity contribution in [3.8, 4) is 5.75 Å². The molecule has 0 aliphatic rings. The van der Waals surface area contributed by atoms with Gasteiger partial charge in [-0.25, -0.2) is 0 Å². The van der Waals surface area contributed by atoms with E-state index in [2.05, 4.69) is 15.5 Å². The van der Waals surface area contributed by atoms with Gasteiger partial charge in [0.15, 0.2) is 5.76 Å². The van der Waals surface area contributed by atoms with Crippen LogP contribution >= 0.6 is 0 Å². The maximum absolute atomic E-state index is 5.47. The van der Waals surface area contributed by atoms with Crippen molar-refractivity contribution in [1.29, 1.82) is 0 Å². The molecule has 16 heavy (non-hydrogen) atoms. The first-order chi connectivity index (χ1) is 7.88. The smallest absolute Gasteiger partial charge is 0.174 e. The largest absolute Gasteiger partial charge is 0.484 e. The van der Waals surface area contributed by atoms with Crippen LogP contribution in [0.2, 0.25) is 0 Å². The Hall–Kier alpha value is -1.88. The Morgan fingerprint density at radius 3 is 2.94 bits per heavy atom. The van der Waals surface area contributed by atoms with E-state index in [4.69, 9.17) is 9.26 Å². The van der Waals surface area contributed by atoms with Crippen molar-refractivity contribution in [2.45, 2.75) is 13.2 Å². The first-order valence-corrected chi connectivity index (χ1v) is 5.00. The highest BCUT2D eigenvalue weighted by atomic mass is 16.5. The first-order valence-electron chi connectivity index (χ1n) is 5.00. The summed E-state index contributed by atoms with van der Waals surface area (Å²) < 4.78 is 10.4. The van der Waals surface area contributed by atoms with Crippen molar-refractivity contribution in [3.05, 3.63) is 42.0 Å². The van der Waals surface area contributed by atoms with E-state index in [1.54, 1.807) is 18.5 Å². The van der Waals surface area contributed by atoms with Crippen LogP contribution in [0.3, 0.4) is 0 Å². The van der Waals surface area contributed by atoms with Crippen LogP contribution in [0.1, 0.15) is 11.5 Å². The molecule has 0 saturated carbocycles. The van der Waals surface area contributed by atoms with Gasteiger partial charge < -0.3 is 14.6 Å². The molecule has 2 heterocycles. The van der Waals surface area contributed by atoms with Crippen molar-refractivity contribution in [1.82, 2.24) is 15.5 Å². The summed E-state index contributed by atoms with van der Waals surface area (Å²) in [7, 11) is 1.88. The van der Waals surface area contributed by atoms with Crippen LogP contribution in [-0.2, 0) is 13.2 Å². The summed E-state index contributed by atoms with van der Waals surface area (Å²) in [6, 6.07) is 5.57. The molecule has 0 bridgehead atoms. The number of aromatic nitrogens is 2. The van der Waals surface area contributed by atoms with Crippen LogP contribution in [0.5, 0.6) is 5.75 Å². The van der Waals surface area contributed by atoms with E-state index in [1.165, 1.54) is 0 Å². The summed E-state index contributed by atoms with van der Waals surface area (Å²) in [5, 5.41) is 6.63. The Morgan fingerprint density at radius 2 is 2.31 bits per heavy atom. The summed E-state index contributed by atoms with van der Waals surface area (Å²) in [5.74, 6) is 1.41. The van der Waals surface area contributed by atoms with Crippen molar-refractivity contribution in [2.75, 3.05) is 7.05 Å². The van der Waals surface area contributed by atoms with Crippen LogP contribution in [-0.4, -0.2) is 17.2 Å². The van der Waals surface area contributed by atoms with Gasteiger partial charge in [-0.05, 0) is 19.2 Å². The van der Waals surface area contributed by atoms with Gasteiger partial charge in [0.1, 0.15) is 12.4 Å². The second-order valence-corrected chi connectivity index (χ2v) is 3.28. The number of nitrogens with one attached hydrogen (secondary N) is 1. The molecule has 0 atom stereocenters. The second kappa shape index (κ2) is 5.27. The van der Waals surface area contributed by atoms with Crippen LogP contribution in [0.15, 0.2) is 35.1 Å². The van der Waals surface area contributed by atoms with Crippen LogP contribution in [0, 0.1) is 0 Å². The molecule has 2 rings (SSSR count). The van der Waals surface area contributed by atoms with Gasteiger partial charge in [-0.3, -0.25) is 4.98 Å². The molecule has 0 unspecified atom stereocenters. The lowest BCUT2D eigenvalue weighted by Gasteiger charge is -2.04. The Bertz CT molecular complexity index is 411. The molecule has 84 valence electrons. The molecule has 2 aromatic heterocycles. The zero-order valence-corrected chi connectivity index (χ0v) is 9.01. The summed E-state index contributed by atoms with van der Waals surface area (Å²) in [6.07, 6.45) is 3.29. The monoisotopic (exact) mass is 219 g/mol. The highest BCUT2D eigenvalue weighted by Gasteiger charge is 1.99. The first kappa shape index (κ1) is 10.6. The number of rotatable bonds is 5. The van der Waals surface area contributed by atoms with Crippen LogP contribution < -0.4 is 10.1 Å². The molecule has 0 fully saturated rings. The molecule has 0 amide bonds. The minimum absolute atomic E-state index is 0.368. The fourth-order valence-electron chi connectivity index (χ4n) is 1.25. The molecular weight excluding hydrogens is 206 g/mol. The fourth-order valence-corrected chi connectivity index (χ4v) is 1.25. The highest BCUT2D eigenvalue weighted by molar-refractivity contribution is 5.20. The summed E-state index contributed by atoms with van der Waals surface area (Å²) in [5.41, 5.74) is 0.981. The zero-order chi connectivity index (χ0) is 11.2. The molecule has 1 N–H and O–H groups in total. The average molecular weight is 219 g/mol. The summed E-state index contributed by atoms with van der Waals surface area (Å²) in [6.45, 7) is 1.12. The molecule has 5 nitrogen and oxygen atoms in total. The number of nitrogens with zero attached hydrogens (tertiary/aromatic N) is 2. The number of hydrogen-bond acceptors (Lipinski definition) is 5. The Labute approximate surface area is 93.4 Å². The topological polar surface area (TPSA) is 60.2 Å². The number of ether oxygens (including phenoxy) is 1. The standard InChI is InChI=1S/C11H13N3O2/c1-12-6-9-2-3-10(7-13-9)15-8-11-4-5-14-16-11/h2-5,7,12H,6,8H2,1H3. The Morgan fingerprint density at radius 1 is 1.38 bits per heavy atom. The molecule has 2 aromatic rings. The van der Waals surface area contributed by atoms with Gasteiger partial charge in [-0.15, -0.1) is 0 Å². The van der Waals surface area contributed by atoms with Gasteiger partial charge in [0.25, 0.3) is 0 Å². The van der Waals surface area contributed by atoms with Gasteiger partial charge in [0, 0.05) is 12.6 Å². The normalized spacial score (nSPS) is 10.3. The van der Waals surface area contributed by atoms with E-state index in [0.29, 0.717) is 12.4 Å². The molecule has 0 aromatic carbocycles. The van der Waals surface area contributed by atoms with Gasteiger partial charge in [0.05, 0.1) is 18.1 Å². The van der Waals surface area contributed by atoms with E-state index in [9.17, 15) is 0 Å². The molecule has 0 spiro atoms. The molecule has 5 heteroatoms. The highest BCUT2D eigenvalue weighted by Crippen LogP contribution is 2.11. The molecule has 0 radical (unpaired) electrons. The van der Waals surface area contributed by atoms with Crippen LogP contribution in [0.4, 0.5) is 0 Å². The zero-order valence-electron chi connectivity index (χ0n) is 9.01. The summed E-state index contributed by atoms with van der Waals surface area (Å²) >= 11 is 0. The van der Waals surface area contributed by atoms with E-state index < -0.39 is 0 Å². The van der Waals surface area contributed by atoms with E-state index in [0.717, 1.165) is 18.0 Å². The van der Waals surface area contributed by atoms with E-state index in [1.807, 2.05) is 19.2 Å².